The van der Waals surface area contributed by atoms with Gasteiger partial charge < -0.3 is 4.57 Å². The lowest BCUT2D eigenvalue weighted by Gasteiger charge is -2.42. The first-order valence-corrected chi connectivity index (χ1v) is 14.5. The van der Waals surface area contributed by atoms with Crippen molar-refractivity contribution in [2.75, 3.05) is 4.57 Å². The fourth-order valence-electron chi connectivity index (χ4n) is 4.44. The van der Waals surface area contributed by atoms with Gasteiger partial charge in [0.25, 0.3) is 0 Å². The quantitative estimate of drug-likeness (QED) is 0.0836. The number of fused-ring (bicyclic) bond motifs is 1. The van der Waals surface area contributed by atoms with Crippen LogP contribution in [0.3, 0.4) is 0 Å². The van der Waals surface area contributed by atoms with Crippen molar-refractivity contribution < 1.29 is 43.9 Å². The summed E-state index contributed by atoms with van der Waals surface area (Å²) in [6.45, 7) is 5.02. The lowest BCUT2D eigenvalue weighted by molar-refractivity contribution is 0.410. The average molecular weight is 556 g/mol. The highest BCUT2D eigenvalue weighted by Crippen LogP contribution is 2.46. The van der Waals surface area contributed by atoms with E-state index in [1.54, 1.807) is 6.92 Å². The molecule has 12 heteroatoms. The highest BCUT2D eigenvalue weighted by molar-refractivity contribution is 6.83. The Morgan fingerprint density at radius 2 is 1.14 bits per heavy atom. The van der Waals surface area contributed by atoms with Crippen molar-refractivity contribution in [3.63, 3.8) is 0 Å². The second kappa shape index (κ2) is 10.9. The molecule has 0 amide bonds. The van der Waals surface area contributed by atoms with Crippen LogP contribution in [0.5, 0.6) is 0 Å². The van der Waals surface area contributed by atoms with E-state index in [1.165, 1.54) is 6.55 Å². The van der Waals surface area contributed by atoms with Crippen LogP contribution in [0.1, 0.15) is 39.5 Å². The minimum absolute atomic E-state index is 0.102. The first-order valence-electron chi connectivity index (χ1n) is 11.6. The summed E-state index contributed by atoms with van der Waals surface area (Å²) in [5.74, 6) is -21.8. The summed E-state index contributed by atoms with van der Waals surface area (Å²) in [4.78, 5) is 0. The third-order valence-corrected chi connectivity index (χ3v) is 11.2. The van der Waals surface area contributed by atoms with Gasteiger partial charge in [-0.2, -0.15) is 0 Å². The van der Waals surface area contributed by atoms with Gasteiger partial charge in [0, 0.05) is 0 Å². The zero-order valence-electron chi connectivity index (χ0n) is 20.1. The van der Waals surface area contributed by atoms with E-state index in [-0.39, 0.29) is 12.1 Å². The van der Waals surface area contributed by atoms with E-state index in [9.17, 15) is 30.7 Å². The maximum atomic E-state index is 15.5. The summed E-state index contributed by atoms with van der Waals surface area (Å²) in [6.07, 6.45) is 2.70. The molecule has 3 rings (SSSR count). The fraction of sp³-hybridized carbons (Fsp3) is 0.360. The Kier molecular flexibility index (Phi) is 8.50. The number of hydrogen-bond acceptors (Lipinski definition) is 1. The molecule has 0 aliphatic rings. The van der Waals surface area contributed by atoms with Crippen molar-refractivity contribution in [2.24, 2.45) is 0 Å². The topological polar surface area (TPSA) is 3.24 Å². The molecule has 0 bridgehead atoms. The summed E-state index contributed by atoms with van der Waals surface area (Å²) >= 11 is 0. The molecule has 0 N–H and O–H groups in total. The summed E-state index contributed by atoms with van der Waals surface area (Å²) in [5, 5.41) is -3.27. The Labute approximate surface area is 207 Å². The standard InChI is InChI=1S/C25H23F10NSi/c1-4-6-7-8-11-37(3,5-2)36(13-10-9-12(26)16(27)17(13)28)25-15-14(19(30)23(34)24(25)35)18(29)21(32)22(33)20(15)31/h9-10H,4-8,11H2,1-3H3. The van der Waals surface area contributed by atoms with E-state index < -0.39 is 88.6 Å². The van der Waals surface area contributed by atoms with Crippen molar-refractivity contribution in [1.82, 2.24) is 0 Å². The summed E-state index contributed by atoms with van der Waals surface area (Å²) < 4.78 is 147. The fourth-order valence-corrected chi connectivity index (χ4v) is 7.85. The molecule has 1 atom stereocenters. The highest BCUT2D eigenvalue weighted by atomic mass is 28.3. The molecule has 0 aromatic heterocycles. The van der Waals surface area contributed by atoms with Crippen LogP contribution in [-0.2, 0) is 0 Å². The summed E-state index contributed by atoms with van der Waals surface area (Å²) in [7, 11) is -3.45. The van der Waals surface area contributed by atoms with Crippen LogP contribution in [0, 0.1) is 58.2 Å². The number of hydrogen-bond donors (Lipinski definition) is 0. The van der Waals surface area contributed by atoms with E-state index in [1.807, 2.05) is 6.92 Å². The van der Waals surface area contributed by atoms with E-state index in [2.05, 4.69) is 0 Å². The molecule has 1 nitrogen and oxygen atoms in total. The lowest BCUT2D eigenvalue weighted by atomic mass is 10.0. The highest BCUT2D eigenvalue weighted by Gasteiger charge is 2.42. The number of halogens is 10. The molecular formula is C25H23F10NSi. The zero-order chi connectivity index (χ0) is 27.8. The van der Waals surface area contributed by atoms with Crippen LogP contribution in [-0.4, -0.2) is 8.24 Å². The van der Waals surface area contributed by atoms with Crippen LogP contribution in [0.2, 0.25) is 18.6 Å². The van der Waals surface area contributed by atoms with Gasteiger partial charge in [-0.25, -0.2) is 43.9 Å². The molecule has 0 saturated carbocycles. The maximum absolute atomic E-state index is 15.5. The van der Waals surface area contributed by atoms with Gasteiger partial charge in [0.1, 0.15) is 0 Å². The molecule has 1 unspecified atom stereocenters. The molecule has 0 spiro atoms. The van der Waals surface area contributed by atoms with E-state index in [0.717, 1.165) is 12.8 Å². The molecule has 0 saturated heterocycles. The largest absolute Gasteiger partial charge is 0.363 e. The molecule has 0 aliphatic heterocycles. The molecule has 0 heterocycles. The first kappa shape index (κ1) is 28.8. The van der Waals surface area contributed by atoms with E-state index in [0.29, 0.717) is 29.5 Å². The third-order valence-electron chi connectivity index (χ3n) is 6.67. The van der Waals surface area contributed by atoms with Gasteiger partial charge in [-0.05, 0) is 24.2 Å². The number of benzene rings is 3. The predicted octanol–water partition coefficient (Wildman–Crippen LogP) is 9.54. The normalized spacial score (nSPS) is 13.3. The van der Waals surface area contributed by atoms with Crippen LogP contribution in [0.25, 0.3) is 10.8 Å². The van der Waals surface area contributed by atoms with Crippen LogP contribution < -0.4 is 4.57 Å². The number of rotatable bonds is 9. The Morgan fingerprint density at radius 3 is 1.68 bits per heavy atom. The zero-order valence-corrected chi connectivity index (χ0v) is 21.1. The number of nitrogens with zero attached hydrogens (tertiary/aromatic N) is 1. The molecule has 0 aliphatic carbocycles. The monoisotopic (exact) mass is 555 g/mol. The molecule has 202 valence electrons. The maximum Gasteiger partial charge on any atom is 0.198 e. The van der Waals surface area contributed by atoms with Gasteiger partial charge in [0.15, 0.2) is 66.4 Å². The van der Waals surface area contributed by atoms with Crippen molar-refractivity contribution >= 4 is 30.4 Å². The molecular weight excluding hydrogens is 532 g/mol. The van der Waals surface area contributed by atoms with Crippen molar-refractivity contribution in [3.8, 4) is 0 Å². The van der Waals surface area contributed by atoms with Crippen LogP contribution >= 0.6 is 0 Å². The Balaban J connectivity index is 2.53. The molecule has 0 radical (unpaired) electrons. The van der Waals surface area contributed by atoms with Crippen molar-refractivity contribution in [2.45, 2.75) is 58.2 Å². The second-order valence-corrected chi connectivity index (χ2v) is 13.6. The Hall–Kier alpha value is -2.76. The summed E-state index contributed by atoms with van der Waals surface area (Å²) in [5.41, 5.74) is -2.21. The molecule has 37 heavy (non-hydrogen) atoms. The van der Waals surface area contributed by atoms with Gasteiger partial charge in [0.05, 0.1) is 22.1 Å². The Morgan fingerprint density at radius 1 is 0.595 bits per heavy atom. The second-order valence-electron chi connectivity index (χ2n) is 8.99. The van der Waals surface area contributed by atoms with E-state index >= 15 is 13.2 Å². The minimum Gasteiger partial charge on any atom is -0.363 e. The van der Waals surface area contributed by atoms with Crippen LogP contribution in [0.4, 0.5) is 55.3 Å². The number of unbranched alkanes of at least 4 members (excludes halogenated alkanes) is 3. The lowest BCUT2D eigenvalue weighted by Crippen LogP contribution is -2.49. The molecule has 0 fully saturated rings. The average Bonchev–Trinajstić information content (AvgIpc) is 2.88. The number of anilines is 2. The van der Waals surface area contributed by atoms with Gasteiger partial charge in [-0.1, -0.05) is 46.1 Å². The Bertz CT molecular complexity index is 1340. The smallest absolute Gasteiger partial charge is 0.198 e. The first-order chi connectivity index (χ1) is 17.3. The van der Waals surface area contributed by atoms with Crippen molar-refractivity contribution in [1.29, 1.82) is 0 Å². The van der Waals surface area contributed by atoms with Crippen LogP contribution in [0.15, 0.2) is 12.1 Å². The molecule has 3 aromatic rings. The predicted molar refractivity (Wildman–Crippen MR) is 123 cm³/mol. The van der Waals surface area contributed by atoms with Crippen molar-refractivity contribution in [3.05, 3.63) is 70.3 Å². The minimum atomic E-state index is -3.45. The third kappa shape index (κ3) is 4.80. The van der Waals surface area contributed by atoms with E-state index in [4.69, 9.17) is 0 Å². The summed E-state index contributed by atoms with van der Waals surface area (Å²) in [6, 6.07) is 1.46. The van der Waals surface area contributed by atoms with Gasteiger partial charge >= 0.3 is 0 Å². The SMILES string of the molecule is CCCCCC[Si](C)(CC)N(c1ccc(F)c(F)c1F)c1c(F)c(F)c(F)c2c(F)c(F)c(F)c(F)c12. The van der Waals surface area contributed by atoms with Gasteiger partial charge in [-0.15, -0.1) is 0 Å². The van der Waals surface area contributed by atoms with Gasteiger partial charge in [-0.3, -0.25) is 0 Å². The molecule has 3 aromatic carbocycles. The van der Waals surface area contributed by atoms with Gasteiger partial charge in [0.2, 0.25) is 0 Å².